The fourth-order valence-corrected chi connectivity index (χ4v) is 1.65. The molecule has 0 aliphatic rings. The van der Waals surface area contributed by atoms with Crippen molar-refractivity contribution in [1.29, 1.82) is 0 Å². The number of anilines is 1. The highest BCUT2D eigenvalue weighted by Gasteiger charge is 2.16. The highest BCUT2D eigenvalue weighted by atomic mass is 16.5. The Kier molecular flexibility index (Phi) is 5.29. The number of primary amides is 1. The van der Waals surface area contributed by atoms with E-state index in [-0.39, 0.29) is 24.2 Å². The summed E-state index contributed by atoms with van der Waals surface area (Å²) in [6.45, 7) is 6.11. The van der Waals surface area contributed by atoms with E-state index >= 15 is 0 Å². The lowest BCUT2D eigenvalue weighted by atomic mass is 10.2. The average Bonchev–Trinajstić information content (AvgIpc) is 2.36. The number of hydrogen-bond acceptors (Lipinski definition) is 5. The maximum absolute atomic E-state index is 11.6. The normalized spacial score (nSPS) is 10.3. The molecule has 0 saturated carbocycles. The van der Waals surface area contributed by atoms with Crippen molar-refractivity contribution in [1.82, 2.24) is 4.98 Å². The van der Waals surface area contributed by atoms with Gasteiger partial charge in [0, 0.05) is 17.9 Å². The number of aromatic nitrogens is 1. The Balaban J connectivity index is 2.96. The summed E-state index contributed by atoms with van der Waals surface area (Å²) < 4.78 is 4.93. The number of nitrogens with two attached hydrogens (primary N) is 1. The predicted molar refractivity (Wildman–Crippen MR) is 71.9 cm³/mol. The number of ether oxygens (including phenoxy) is 1. The van der Waals surface area contributed by atoms with Crippen molar-refractivity contribution in [2.45, 2.75) is 26.8 Å². The molecular formula is C13H19N3O3. The monoisotopic (exact) mass is 265 g/mol. The van der Waals surface area contributed by atoms with Crippen LogP contribution >= 0.6 is 0 Å². The Morgan fingerprint density at radius 2 is 2.16 bits per heavy atom. The van der Waals surface area contributed by atoms with Crippen LogP contribution in [0.2, 0.25) is 0 Å². The van der Waals surface area contributed by atoms with E-state index in [9.17, 15) is 9.59 Å². The number of esters is 1. The van der Waals surface area contributed by atoms with Crippen molar-refractivity contribution in [2.24, 2.45) is 5.73 Å². The van der Waals surface area contributed by atoms with Crippen LogP contribution in [0.4, 0.5) is 5.69 Å². The van der Waals surface area contributed by atoms with Crippen molar-refractivity contribution in [3.63, 3.8) is 0 Å². The van der Waals surface area contributed by atoms with Gasteiger partial charge < -0.3 is 15.4 Å². The smallest absolute Gasteiger partial charge is 0.325 e. The van der Waals surface area contributed by atoms with Gasteiger partial charge in [0.1, 0.15) is 12.2 Å². The van der Waals surface area contributed by atoms with Crippen molar-refractivity contribution in [2.75, 3.05) is 18.1 Å². The second-order valence-corrected chi connectivity index (χ2v) is 4.29. The molecule has 1 aromatic heterocycles. The summed E-state index contributed by atoms with van der Waals surface area (Å²) in [6, 6.07) is 3.38. The first-order chi connectivity index (χ1) is 8.95. The van der Waals surface area contributed by atoms with Crippen molar-refractivity contribution in [3.05, 3.63) is 24.0 Å². The molecule has 6 heteroatoms. The van der Waals surface area contributed by atoms with Crippen LogP contribution in [0.5, 0.6) is 0 Å². The van der Waals surface area contributed by atoms with Gasteiger partial charge in [-0.25, -0.2) is 0 Å². The Bertz CT molecular complexity index is 460. The van der Waals surface area contributed by atoms with Crippen molar-refractivity contribution < 1.29 is 14.3 Å². The Morgan fingerprint density at radius 3 is 2.68 bits per heavy atom. The molecule has 2 N–H and O–H groups in total. The summed E-state index contributed by atoms with van der Waals surface area (Å²) in [4.78, 5) is 28.4. The van der Waals surface area contributed by atoms with Crippen LogP contribution in [0.25, 0.3) is 0 Å². The molecule has 0 aliphatic heterocycles. The number of amides is 1. The highest BCUT2D eigenvalue weighted by molar-refractivity contribution is 5.91. The molecule has 19 heavy (non-hydrogen) atoms. The minimum atomic E-state index is -0.596. The zero-order valence-corrected chi connectivity index (χ0v) is 11.4. The fourth-order valence-electron chi connectivity index (χ4n) is 1.65. The molecule has 6 nitrogen and oxygen atoms in total. The van der Waals surface area contributed by atoms with Crippen LogP contribution in [-0.4, -0.2) is 36.1 Å². The molecular weight excluding hydrogens is 246 g/mol. The second kappa shape index (κ2) is 6.72. The van der Waals surface area contributed by atoms with E-state index in [1.54, 1.807) is 19.1 Å². The summed E-state index contributed by atoms with van der Waals surface area (Å²) in [6.07, 6.45) is 1.50. The van der Waals surface area contributed by atoms with E-state index in [2.05, 4.69) is 4.98 Å². The first-order valence-corrected chi connectivity index (χ1v) is 6.13. The third-order valence-electron chi connectivity index (χ3n) is 2.56. The summed E-state index contributed by atoms with van der Waals surface area (Å²) in [5, 5.41) is 0. The van der Waals surface area contributed by atoms with Gasteiger partial charge in [-0.3, -0.25) is 14.6 Å². The number of carbonyl (C=O) groups is 2. The lowest BCUT2D eigenvalue weighted by Gasteiger charge is -2.27. The van der Waals surface area contributed by atoms with Crippen LogP contribution in [0, 0.1) is 0 Å². The van der Waals surface area contributed by atoms with E-state index < -0.39 is 5.91 Å². The van der Waals surface area contributed by atoms with E-state index in [0.717, 1.165) is 0 Å². The molecule has 1 amide bonds. The van der Waals surface area contributed by atoms with Gasteiger partial charge in [-0.2, -0.15) is 0 Å². The van der Waals surface area contributed by atoms with Crippen LogP contribution in [0.15, 0.2) is 18.3 Å². The molecule has 0 unspecified atom stereocenters. The highest BCUT2D eigenvalue weighted by Crippen LogP contribution is 2.17. The minimum absolute atomic E-state index is 0.0764. The first-order valence-electron chi connectivity index (χ1n) is 6.13. The Morgan fingerprint density at radius 1 is 1.47 bits per heavy atom. The third-order valence-corrected chi connectivity index (χ3v) is 2.56. The van der Waals surface area contributed by atoms with Gasteiger partial charge >= 0.3 is 5.97 Å². The van der Waals surface area contributed by atoms with Crippen LogP contribution in [-0.2, 0) is 9.53 Å². The zero-order valence-electron chi connectivity index (χ0n) is 11.4. The van der Waals surface area contributed by atoms with Gasteiger partial charge in [0.05, 0.1) is 6.61 Å². The van der Waals surface area contributed by atoms with E-state index in [1.165, 1.54) is 6.20 Å². The van der Waals surface area contributed by atoms with Gasteiger partial charge in [0.2, 0.25) is 0 Å². The van der Waals surface area contributed by atoms with Gasteiger partial charge in [-0.1, -0.05) is 0 Å². The molecule has 0 fully saturated rings. The molecule has 1 rings (SSSR count). The van der Waals surface area contributed by atoms with Crippen LogP contribution in [0.1, 0.15) is 31.3 Å². The topological polar surface area (TPSA) is 85.5 Å². The van der Waals surface area contributed by atoms with Gasteiger partial charge in [0.25, 0.3) is 5.91 Å². The molecule has 1 heterocycles. The zero-order chi connectivity index (χ0) is 14.4. The first kappa shape index (κ1) is 14.9. The molecule has 0 spiro atoms. The van der Waals surface area contributed by atoms with Gasteiger partial charge in [-0.05, 0) is 32.9 Å². The summed E-state index contributed by atoms with van der Waals surface area (Å²) in [7, 11) is 0. The maximum atomic E-state index is 11.6. The second-order valence-electron chi connectivity index (χ2n) is 4.29. The molecule has 0 radical (unpaired) electrons. The van der Waals surface area contributed by atoms with E-state index in [1.807, 2.05) is 18.7 Å². The number of rotatable bonds is 6. The van der Waals surface area contributed by atoms with E-state index in [4.69, 9.17) is 10.5 Å². The lowest BCUT2D eigenvalue weighted by molar-refractivity contribution is -0.141. The van der Waals surface area contributed by atoms with Gasteiger partial charge in [0.15, 0.2) is 0 Å². The molecule has 104 valence electrons. The molecule has 0 aliphatic carbocycles. The number of carbonyl (C=O) groups excluding carboxylic acids is 2. The standard InChI is InChI=1S/C13H19N3O3/c1-4-19-12(17)8-16(9(2)3)10-5-6-15-11(7-10)13(14)18/h5-7,9H,4,8H2,1-3H3,(H2,14,18). The number of pyridine rings is 1. The van der Waals surface area contributed by atoms with E-state index in [0.29, 0.717) is 12.3 Å². The molecule has 0 atom stereocenters. The largest absolute Gasteiger partial charge is 0.465 e. The SMILES string of the molecule is CCOC(=O)CN(c1ccnc(C(N)=O)c1)C(C)C. The molecule has 1 aromatic rings. The maximum Gasteiger partial charge on any atom is 0.325 e. The van der Waals surface area contributed by atoms with Gasteiger partial charge in [-0.15, -0.1) is 0 Å². The molecule has 0 bridgehead atoms. The summed E-state index contributed by atoms with van der Waals surface area (Å²) in [5.74, 6) is -0.907. The fraction of sp³-hybridized carbons (Fsp3) is 0.462. The summed E-state index contributed by atoms with van der Waals surface area (Å²) >= 11 is 0. The lowest BCUT2D eigenvalue weighted by Crippen LogP contribution is -2.36. The molecule has 0 saturated heterocycles. The quantitative estimate of drug-likeness (QED) is 0.774. The number of hydrogen-bond donors (Lipinski definition) is 1. The Labute approximate surface area is 112 Å². The molecule has 0 aromatic carbocycles. The average molecular weight is 265 g/mol. The van der Waals surface area contributed by atoms with Crippen molar-refractivity contribution in [3.8, 4) is 0 Å². The Hall–Kier alpha value is -2.11. The van der Waals surface area contributed by atoms with Crippen LogP contribution in [0.3, 0.4) is 0 Å². The summed E-state index contributed by atoms with van der Waals surface area (Å²) in [5.41, 5.74) is 6.08. The van der Waals surface area contributed by atoms with Crippen LogP contribution < -0.4 is 10.6 Å². The minimum Gasteiger partial charge on any atom is -0.465 e. The van der Waals surface area contributed by atoms with Crippen molar-refractivity contribution >= 4 is 17.6 Å². The number of nitrogens with zero attached hydrogens (tertiary/aromatic N) is 2. The predicted octanol–water partition coefficient (Wildman–Crippen LogP) is 0.958. The third kappa shape index (κ3) is 4.24.